The van der Waals surface area contributed by atoms with E-state index in [0.29, 0.717) is 0 Å². The van der Waals surface area contributed by atoms with Crippen molar-refractivity contribution in [1.29, 1.82) is 0 Å². The van der Waals surface area contributed by atoms with Crippen LogP contribution >= 0.6 is 0 Å². The fraction of sp³-hybridized carbons (Fsp3) is 0.833. The van der Waals surface area contributed by atoms with Crippen LogP contribution in [0.4, 0.5) is 0 Å². The van der Waals surface area contributed by atoms with Crippen LogP contribution in [0, 0.1) is 0 Å². The molecule has 12 heavy (non-hydrogen) atoms. The predicted molar refractivity (Wildman–Crippen MR) is 61.7 cm³/mol. The molecule has 0 aromatic carbocycles. The summed E-state index contributed by atoms with van der Waals surface area (Å²) in [6.45, 7) is 8.25. The van der Waals surface area contributed by atoms with Gasteiger partial charge in [-0.25, -0.2) is 0 Å². The Morgan fingerprint density at radius 3 is 1.25 bits per heavy atom. The molecule has 0 aromatic heterocycles. The van der Waals surface area contributed by atoms with Crippen LogP contribution in [0.3, 0.4) is 0 Å². The van der Waals surface area contributed by atoms with Crippen molar-refractivity contribution < 1.29 is 0 Å². The van der Waals surface area contributed by atoms with Gasteiger partial charge in [0.25, 0.3) is 0 Å². The molecule has 0 spiro atoms. The van der Waals surface area contributed by atoms with Crippen molar-refractivity contribution in [2.75, 3.05) is 0 Å². The van der Waals surface area contributed by atoms with Crippen molar-refractivity contribution in [2.45, 2.75) is 67.2 Å². The summed E-state index contributed by atoms with van der Waals surface area (Å²) in [7, 11) is 0. The molecular weight excluding hydrogens is 144 g/mol. The number of hydrogen-bond acceptors (Lipinski definition) is 0. The average molecular weight is 172 g/mol. The normalized spacial score (nSPS) is 12.7. The van der Waals surface area contributed by atoms with Crippen molar-refractivity contribution in [3.63, 3.8) is 0 Å². The zero-order chi connectivity index (χ0) is 8.95. The lowest BCUT2D eigenvalue weighted by Crippen LogP contribution is -1.77. The molecule has 1 aliphatic rings. The smallest absolute Gasteiger partial charge is 0.0351 e. The molecule has 1 aliphatic carbocycles. The van der Waals surface area contributed by atoms with Crippen LogP contribution in [-0.2, 0) is 0 Å². The predicted octanol–water partition coefficient (Wildman–Crippen LogP) is 5.20. The number of allylic oxidation sites excluding steroid dienone is 2. The van der Waals surface area contributed by atoms with Gasteiger partial charge >= 0.3 is 0 Å². The standard InChI is InChI=1S/C6H10.C3H8.C2H6.CH4/c1-2-4-6-5-3-1;1-3-2;1-2;/h1-2H,3-6H2;3H2,1-2H3;1-2H3;1H4. The molecule has 0 bridgehead atoms. The quantitative estimate of drug-likeness (QED) is 0.441. The van der Waals surface area contributed by atoms with Crippen LogP contribution in [0.2, 0.25) is 0 Å². The molecule has 0 N–H and O–H groups in total. The molecule has 0 unspecified atom stereocenters. The van der Waals surface area contributed by atoms with E-state index in [0.717, 1.165) is 0 Å². The monoisotopic (exact) mass is 172 g/mol. The van der Waals surface area contributed by atoms with Crippen molar-refractivity contribution in [3.8, 4) is 0 Å². The van der Waals surface area contributed by atoms with Gasteiger partial charge in [0, 0.05) is 0 Å². The van der Waals surface area contributed by atoms with Crippen LogP contribution in [0.25, 0.3) is 0 Å². The van der Waals surface area contributed by atoms with Crippen molar-refractivity contribution in [2.24, 2.45) is 0 Å². The fourth-order valence-corrected chi connectivity index (χ4v) is 0.760. The second-order valence-corrected chi connectivity index (χ2v) is 2.46. The Morgan fingerprint density at radius 2 is 1.17 bits per heavy atom. The Balaban J connectivity index is -0.000000119. The van der Waals surface area contributed by atoms with Gasteiger partial charge in [0.15, 0.2) is 0 Å². The molecule has 0 heteroatoms. The van der Waals surface area contributed by atoms with Crippen molar-refractivity contribution >= 4 is 0 Å². The highest BCUT2D eigenvalue weighted by Crippen LogP contribution is 2.07. The van der Waals surface area contributed by atoms with Gasteiger partial charge in [-0.05, 0) is 25.7 Å². The summed E-state index contributed by atoms with van der Waals surface area (Å²) < 4.78 is 0. The van der Waals surface area contributed by atoms with Gasteiger partial charge in [-0.1, -0.05) is 53.7 Å². The van der Waals surface area contributed by atoms with E-state index in [1.165, 1.54) is 32.1 Å². The second kappa shape index (κ2) is 22.4. The Bertz CT molecular complexity index is 54.4. The maximum atomic E-state index is 2.27. The Labute approximate surface area is 80.1 Å². The minimum atomic E-state index is 0. The Morgan fingerprint density at radius 1 is 0.917 bits per heavy atom. The molecule has 1 rings (SSSR count). The van der Waals surface area contributed by atoms with E-state index < -0.39 is 0 Å². The van der Waals surface area contributed by atoms with Gasteiger partial charge in [0.05, 0.1) is 0 Å². The third-order valence-corrected chi connectivity index (χ3v) is 1.16. The molecule has 0 aromatic rings. The maximum absolute atomic E-state index is 2.27. The van der Waals surface area contributed by atoms with E-state index in [2.05, 4.69) is 26.0 Å². The van der Waals surface area contributed by atoms with E-state index in [9.17, 15) is 0 Å². The fourth-order valence-electron chi connectivity index (χ4n) is 0.760. The van der Waals surface area contributed by atoms with E-state index in [1.807, 2.05) is 13.8 Å². The summed E-state index contributed by atoms with van der Waals surface area (Å²) in [4.78, 5) is 0. The van der Waals surface area contributed by atoms with Gasteiger partial charge in [0.2, 0.25) is 0 Å². The molecule has 0 fully saturated rings. The van der Waals surface area contributed by atoms with Crippen LogP contribution in [0.5, 0.6) is 0 Å². The van der Waals surface area contributed by atoms with E-state index in [4.69, 9.17) is 0 Å². The summed E-state index contributed by atoms with van der Waals surface area (Å²) in [5.41, 5.74) is 0. The van der Waals surface area contributed by atoms with Crippen LogP contribution < -0.4 is 0 Å². The lowest BCUT2D eigenvalue weighted by atomic mass is 10.1. The summed E-state index contributed by atoms with van der Waals surface area (Å²) in [6, 6.07) is 0. The van der Waals surface area contributed by atoms with Crippen LogP contribution in [-0.4, -0.2) is 0 Å². The third-order valence-electron chi connectivity index (χ3n) is 1.16. The summed E-state index contributed by atoms with van der Waals surface area (Å²) in [6.07, 6.45) is 11.2. The number of hydrogen-bond donors (Lipinski definition) is 0. The Kier molecular flexibility index (Phi) is 33.1. The minimum Gasteiger partial charge on any atom is -0.0885 e. The van der Waals surface area contributed by atoms with E-state index in [1.54, 1.807) is 0 Å². The molecule has 0 saturated carbocycles. The molecule has 0 aliphatic heterocycles. The first-order valence-corrected chi connectivity index (χ1v) is 5.06. The van der Waals surface area contributed by atoms with Crippen LogP contribution in [0.1, 0.15) is 67.2 Å². The second-order valence-electron chi connectivity index (χ2n) is 2.46. The largest absolute Gasteiger partial charge is 0.0885 e. The minimum absolute atomic E-state index is 0. The maximum Gasteiger partial charge on any atom is -0.0351 e. The highest BCUT2D eigenvalue weighted by Gasteiger charge is 1.87. The highest BCUT2D eigenvalue weighted by molar-refractivity contribution is 4.85. The molecule has 0 atom stereocenters. The first-order valence-electron chi connectivity index (χ1n) is 5.06. The molecule has 0 heterocycles. The van der Waals surface area contributed by atoms with Gasteiger partial charge in [-0.2, -0.15) is 0 Å². The summed E-state index contributed by atoms with van der Waals surface area (Å²) in [5.74, 6) is 0. The molecular formula is C12H28. The SMILES string of the molecule is C.C1=CCCCC1.CC.CCC. The third kappa shape index (κ3) is 22.6. The first kappa shape index (κ1) is 17.7. The number of rotatable bonds is 0. The van der Waals surface area contributed by atoms with Crippen LogP contribution in [0.15, 0.2) is 12.2 Å². The van der Waals surface area contributed by atoms with Gasteiger partial charge < -0.3 is 0 Å². The van der Waals surface area contributed by atoms with E-state index in [-0.39, 0.29) is 7.43 Å². The summed E-state index contributed by atoms with van der Waals surface area (Å²) in [5, 5.41) is 0. The molecule has 76 valence electrons. The Hall–Kier alpha value is -0.260. The first-order chi connectivity index (χ1) is 5.41. The molecule has 0 nitrogen and oxygen atoms in total. The molecule has 0 radical (unpaired) electrons. The van der Waals surface area contributed by atoms with Gasteiger partial charge in [0.1, 0.15) is 0 Å². The topological polar surface area (TPSA) is 0 Å². The summed E-state index contributed by atoms with van der Waals surface area (Å²) >= 11 is 0. The average Bonchev–Trinajstić information content (AvgIpc) is 2.12. The van der Waals surface area contributed by atoms with Crippen molar-refractivity contribution in [1.82, 2.24) is 0 Å². The molecule has 0 amide bonds. The van der Waals surface area contributed by atoms with Gasteiger partial charge in [-0.3, -0.25) is 0 Å². The lowest BCUT2D eigenvalue weighted by Gasteiger charge is -1.97. The van der Waals surface area contributed by atoms with E-state index >= 15 is 0 Å². The zero-order valence-electron chi connectivity index (χ0n) is 8.69. The zero-order valence-corrected chi connectivity index (χ0v) is 8.69. The van der Waals surface area contributed by atoms with Crippen molar-refractivity contribution in [3.05, 3.63) is 12.2 Å². The molecule has 0 saturated heterocycles. The lowest BCUT2D eigenvalue weighted by molar-refractivity contribution is 0.730. The van der Waals surface area contributed by atoms with Gasteiger partial charge in [-0.15, -0.1) is 0 Å². The highest BCUT2D eigenvalue weighted by atomic mass is 13.9.